The number of benzene rings is 1. The van der Waals surface area contributed by atoms with Gasteiger partial charge in [0.25, 0.3) is 0 Å². The number of aromatic nitrogens is 1. The first kappa shape index (κ1) is 9.37. The summed E-state index contributed by atoms with van der Waals surface area (Å²) in [6, 6.07) is 8.13. The van der Waals surface area contributed by atoms with Crippen LogP contribution in [0.25, 0.3) is 10.6 Å². The molecule has 0 radical (unpaired) electrons. The Bertz CT molecular complexity index is 425. The van der Waals surface area contributed by atoms with Crippen molar-refractivity contribution < 1.29 is 0 Å². The van der Waals surface area contributed by atoms with Crippen LogP contribution in [0.5, 0.6) is 0 Å². The Kier molecular flexibility index (Phi) is 2.81. The van der Waals surface area contributed by atoms with E-state index in [1.165, 1.54) is 0 Å². The molecule has 0 amide bonds. The fourth-order valence-corrected chi connectivity index (χ4v) is 2.66. The summed E-state index contributed by atoms with van der Waals surface area (Å²) in [5, 5.41) is 3.02. The summed E-state index contributed by atoms with van der Waals surface area (Å²) >= 11 is 8.40. The lowest BCUT2D eigenvalue weighted by atomic mass is 10.2. The van der Waals surface area contributed by atoms with Gasteiger partial charge in [-0.25, -0.2) is 4.98 Å². The Morgan fingerprint density at radius 1 is 1.23 bits per heavy atom. The van der Waals surface area contributed by atoms with Crippen LogP contribution in [0.4, 0.5) is 0 Å². The van der Waals surface area contributed by atoms with Gasteiger partial charge in [-0.15, -0.1) is 11.3 Å². The molecule has 13 heavy (non-hydrogen) atoms. The third-order valence-electron chi connectivity index (χ3n) is 1.55. The molecule has 0 unspecified atom stereocenters. The SMILES string of the molecule is Brc1cccc(-c2nc(Br)cs2)c1. The number of nitrogens with zero attached hydrogens (tertiary/aromatic N) is 1. The van der Waals surface area contributed by atoms with Crippen molar-refractivity contribution in [2.75, 3.05) is 0 Å². The van der Waals surface area contributed by atoms with Crippen molar-refractivity contribution in [1.29, 1.82) is 0 Å². The minimum atomic E-state index is 0.896. The van der Waals surface area contributed by atoms with Gasteiger partial charge in [-0.2, -0.15) is 0 Å². The van der Waals surface area contributed by atoms with Crippen molar-refractivity contribution in [3.8, 4) is 10.6 Å². The molecule has 66 valence electrons. The highest BCUT2D eigenvalue weighted by Gasteiger charge is 2.02. The van der Waals surface area contributed by atoms with Crippen LogP contribution >= 0.6 is 43.2 Å². The Labute approximate surface area is 97.1 Å². The van der Waals surface area contributed by atoms with Crippen molar-refractivity contribution in [3.05, 3.63) is 38.7 Å². The van der Waals surface area contributed by atoms with E-state index in [4.69, 9.17) is 0 Å². The van der Waals surface area contributed by atoms with Crippen molar-refractivity contribution in [2.45, 2.75) is 0 Å². The molecule has 0 saturated carbocycles. The maximum atomic E-state index is 4.34. The van der Waals surface area contributed by atoms with E-state index in [1.54, 1.807) is 11.3 Å². The summed E-state index contributed by atoms with van der Waals surface area (Å²) in [7, 11) is 0. The summed E-state index contributed by atoms with van der Waals surface area (Å²) in [5.41, 5.74) is 1.14. The van der Waals surface area contributed by atoms with Gasteiger partial charge in [0, 0.05) is 15.4 Å². The van der Waals surface area contributed by atoms with E-state index in [-0.39, 0.29) is 0 Å². The van der Waals surface area contributed by atoms with Crippen LogP contribution in [0, 0.1) is 0 Å². The van der Waals surface area contributed by atoms with Gasteiger partial charge in [0.15, 0.2) is 0 Å². The van der Waals surface area contributed by atoms with E-state index in [2.05, 4.69) is 49.0 Å². The third kappa shape index (κ3) is 2.18. The van der Waals surface area contributed by atoms with Crippen molar-refractivity contribution >= 4 is 43.2 Å². The van der Waals surface area contributed by atoms with Crippen LogP contribution in [-0.2, 0) is 0 Å². The summed E-state index contributed by atoms with van der Waals surface area (Å²) < 4.78 is 1.98. The molecule has 0 saturated heterocycles. The molecule has 0 aliphatic carbocycles. The number of halogens is 2. The van der Waals surface area contributed by atoms with Crippen LogP contribution in [0.1, 0.15) is 0 Å². The van der Waals surface area contributed by atoms with Crippen LogP contribution in [0.15, 0.2) is 38.7 Å². The van der Waals surface area contributed by atoms with E-state index in [9.17, 15) is 0 Å². The first-order valence-corrected chi connectivity index (χ1v) is 6.09. The molecule has 1 nitrogen and oxygen atoms in total. The normalized spacial score (nSPS) is 10.3. The molecule has 1 aromatic carbocycles. The predicted octanol–water partition coefficient (Wildman–Crippen LogP) is 4.34. The lowest BCUT2D eigenvalue weighted by Crippen LogP contribution is -1.74. The zero-order valence-electron chi connectivity index (χ0n) is 6.50. The van der Waals surface area contributed by atoms with Gasteiger partial charge in [-0.3, -0.25) is 0 Å². The molecule has 2 rings (SSSR count). The Hall–Kier alpha value is -0.190. The van der Waals surface area contributed by atoms with Crippen LogP contribution in [0.2, 0.25) is 0 Å². The summed E-state index contributed by atoms with van der Waals surface area (Å²) in [6.07, 6.45) is 0. The molecule has 0 bridgehead atoms. The number of rotatable bonds is 1. The maximum absolute atomic E-state index is 4.34. The van der Waals surface area contributed by atoms with Gasteiger partial charge < -0.3 is 0 Å². The molecular formula is C9H5Br2NS. The smallest absolute Gasteiger partial charge is 0.124 e. The van der Waals surface area contributed by atoms with Gasteiger partial charge in [0.2, 0.25) is 0 Å². The standard InChI is InChI=1S/C9H5Br2NS/c10-7-3-1-2-6(4-7)9-12-8(11)5-13-9/h1-5H. The molecule has 0 spiro atoms. The summed E-state index contributed by atoms with van der Waals surface area (Å²) in [6.45, 7) is 0. The largest absolute Gasteiger partial charge is 0.229 e. The number of hydrogen-bond donors (Lipinski definition) is 0. The van der Waals surface area contributed by atoms with E-state index < -0.39 is 0 Å². The monoisotopic (exact) mass is 317 g/mol. The third-order valence-corrected chi connectivity index (χ3v) is 3.64. The minimum absolute atomic E-state index is 0.896. The van der Waals surface area contributed by atoms with E-state index >= 15 is 0 Å². The zero-order valence-corrected chi connectivity index (χ0v) is 10.5. The average molecular weight is 319 g/mol. The number of hydrogen-bond acceptors (Lipinski definition) is 2. The lowest BCUT2D eigenvalue weighted by molar-refractivity contribution is 1.36. The highest BCUT2D eigenvalue weighted by molar-refractivity contribution is 9.10. The van der Waals surface area contributed by atoms with Crippen molar-refractivity contribution in [2.24, 2.45) is 0 Å². The molecule has 0 N–H and O–H groups in total. The fraction of sp³-hybridized carbons (Fsp3) is 0. The van der Waals surface area contributed by atoms with Gasteiger partial charge in [0.1, 0.15) is 9.61 Å². The Morgan fingerprint density at radius 2 is 2.08 bits per heavy atom. The first-order chi connectivity index (χ1) is 6.25. The van der Waals surface area contributed by atoms with Gasteiger partial charge in [-0.05, 0) is 28.1 Å². The fourth-order valence-electron chi connectivity index (χ4n) is 1.01. The maximum Gasteiger partial charge on any atom is 0.124 e. The second-order valence-electron chi connectivity index (χ2n) is 2.49. The van der Waals surface area contributed by atoms with Crippen LogP contribution < -0.4 is 0 Å². The topological polar surface area (TPSA) is 12.9 Å². The molecule has 0 aliphatic rings. The number of thiazole rings is 1. The van der Waals surface area contributed by atoms with Gasteiger partial charge in [-0.1, -0.05) is 28.1 Å². The van der Waals surface area contributed by atoms with Gasteiger partial charge >= 0.3 is 0 Å². The highest BCUT2D eigenvalue weighted by Crippen LogP contribution is 2.27. The molecular weight excluding hydrogens is 314 g/mol. The summed E-state index contributed by atoms with van der Waals surface area (Å²) in [4.78, 5) is 4.34. The summed E-state index contributed by atoms with van der Waals surface area (Å²) in [5.74, 6) is 0. The van der Waals surface area contributed by atoms with E-state index in [0.29, 0.717) is 0 Å². The van der Waals surface area contributed by atoms with Crippen molar-refractivity contribution in [1.82, 2.24) is 4.98 Å². The Morgan fingerprint density at radius 3 is 2.69 bits per heavy atom. The van der Waals surface area contributed by atoms with Gasteiger partial charge in [0.05, 0.1) is 0 Å². The molecule has 1 heterocycles. The van der Waals surface area contributed by atoms with E-state index in [0.717, 1.165) is 19.6 Å². The minimum Gasteiger partial charge on any atom is -0.229 e. The first-order valence-electron chi connectivity index (χ1n) is 3.63. The van der Waals surface area contributed by atoms with Crippen molar-refractivity contribution in [3.63, 3.8) is 0 Å². The average Bonchev–Trinajstić information content (AvgIpc) is 2.52. The van der Waals surface area contributed by atoms with E-state index in [1.807, 2.05) is 17.5 Å². The molecule has 0 aliphatic heterocycles. The predicted molar refractivity (Wildman–Crippen MR) is 63.0 cm³/mol. The second-order valence-corrected chi connectivity index (χ2v) is 5.07. The highest BCUT2D eigenvalue weighted by atomic mass is 79.9. The molecule has 2 aromatic rings. The van der Waals surface area contributed by atoms with Crippen LogP contribution in [0.3, 0.4) is 0 Å². The lowest BCUT2D eigenvalue weighted by Gasteiger charge is -1.95. The second kappa shape index (κ2) is 3.90. The quantitative estimate of drug-likeness (QED) is 0.762. The zero-order chi connectivity index (χ0) is 9.26. The molecule has 1 aromatic heterocycles. The molecule has 0 fully saturated rings. The molecule has 0 atom stereocenters. The van der Waals surface area contributed by atoms with Crippen LogP contribution in [-0.4, -0.2) is 4.98 Å². The molecule has 4 heteroatoms. The Balaban J connectivity index is 2.46.